The van der Waals surface area contributed by atoms with Crippen LogP contribution >= 0.6 is 0 Å². The van der Waals surface area contributed by atoms with Gasteiger partial charge in [0.15, 0.2) is 5.82 Å². The minimum atomic E-state index is -2.81. The van der Waals surface area contributed by atoms with E-state index in [2.05, 4.69) is 15.3 Å². The maximum Gasteiger partial charge on any atom is 0.297 e. The molecule has 2 aromatic carbocycles. The molecule has 0 saturated heterocycles. The number of ether oxygens (including phenoxy) is 2. The number of aromatic nitrogens is 2. The Balaban J connectivity index is 1.83. The van der Waals surface area contributed by atoms with Crippen LogP contribution in [0.1, 0.15) is 12.2 Å². The average molecular weight is 402 g/mol. The lowest BCUT2D eigenvalue weighted by atomic mass is 10.2. The molecule has 1 aromatic heterocycles. The molecule has 0 saturated carbocycles. The summed E-state index contributed by atoms with van der Waals surface area (Å²) < 4.78 is 36.7. The number of carbonyl (C=O) groups excluding carboxylic acids is 1. The number of nitrogens with zero attached hydrogens (tertiary/aromatic N) is 3. The Kier molecular flexibility index (Phi) is 6.06. The summed E-state index contributed by atoms with van der Waals surface area (Å²) in [5.41, 5.74) is 0.873. The summed E-state index contributed by atoms with van der Waals surface area (Å²) in [6.45, 7) is -0.108. The van der Waals surface area contributed by atoms with Crippen LogP contribution in [-0.4, -0.2) is 43.7 Å². The van der Waals surface area contributed by atoms with E-state index in [-0.39, 0.29) is 18.3 Å². The first kappa shape index (κ1) is 20.2. The summed E-state index contributed by atoms with van der Waals surface area (Å²) in [4.78, 5) is 21.9. The van der Waals surface area contributed by atoms with Crippen LogP contribution in [0.3, 0.4) is 0 Å². The van der Waals surface area contributed by atoms with Gasteiger partial charge in [0.25, 0.3) is 6.43 Å². The Hall–Kier alpha value is -3.49. The third kappa shape index (κ3) is 4.68. The van der Waals surface area contributed by atoms with Crippen LogP contribution in [0.25, 0.3) is 10.9 Å². The number of hydrogen-bond acceptors (Lipinski definition) is 6. The fourth-order valence-electron chi connectivity index (χ4n) is 2.84. The van der Waals surface area contributed by atoms with Crippen LogP contribution in [0.5, 0.6) is 11.5 Å². The molecule has 152 valence electrons. The summed E-state index contributed by atoms with van der Waals surface area (Å²) in [7, 11) is 4.62. The van der Waals surface area contributed by atoms with Crippen LogP contribution in [0.15, 0.2) is 42.5 Å². The van der Waals surface area contributed by atoms with Gasteiger partial charge in [0.05, 0.1) is 26.3 Å². The number of anilines is 2. The second kappa shape index (κ2) is 8.68. The third-order valence-electron chi connectivity index (χ3n) is 4.17. The molecular formula is C20H20F2N4O3. The first-order valence-corrected chi connectivity index (χ1v) is 8.70. The van der Waals surface area contributed by atoms with E-state index < -0.39 is 12.2 Å². The van der Waals surface area contributed by atoms with Crippen molar-refractivity contribution in [2.24, 2.45) is 0 Å². The highest BCUT2D eigenvalue weighted by molar-refractivity contribution is 5.96. The molecule has 1 N–H and O–H groups in total. The number of halogens is 2. The lowest BCUT2D eigenvalue weighted by Gasteiger charge is -2.20. The number of methoxy groups -OCH3 is 2. The van der Waals surface area contributed by atoms with Crippen molar-refractivity contribution in [3.8, 4) is 11.5 Å². The maximum atomic E-state index is 13.2. The number of hydrogen-bond donors (Lipinski definition) is 1. The number of alkyl halides is 2. The number of amides is 1. The zero-order valence-electron chi connectivity index (χ0n) is 16.1. The third-order valence-corrected chi connectivity index (χ3v) is 4.17. The summed E-state index contributed by atoms with van der Waals surface area (Å²) in [6, 6.07) is 11.8. The summed E-state index contributed by atoms with van der Waals surface area (Å²) in [6.07, 6.45) is -2.81. The number of fused-ring (bicyclic) bond motifs is 1. The van der Waals surface area contributed by atoms with E-state index in [1.807, 2.05) is 0 Å². The lowest BCUT2D eigenvalue weighted by Crippen LogP contribution is -2.31. The second-order valence-electron chi connectivity index (χ2n) is 6.23. The largest absolute Gasteiger partial charge is 0.497 e. The smallest absolute Gasteiger partial charge is 0.297 e. The monoisotopic (exact) mass is 402 g/mol. The molecule has 3 aromatic rings. The van der Waals surface area contributed by atoms with Gasteiger partial charge in [-0.05, 0) is 12.1 Å². The van der Waals surface area contributed by atoms with E-state index in [9.17, 15) is 13.6 Å². The van der Waals surface area contributed by atoms with Crippen LogP contribution in [0, 0.1) is 0 Å². The summed E-state index contributed by atoms with van der Waals surface area (Å²) >= 11 is 0. The first-order chi connectivity index (χ1) is 13.9. The van der Waals surface area contributed by atoms with Gasteiger partial charge in [-0.3, -0.25) is 4.79 Å². The van der Waals surface area contributed by atoms with Crippen molar-refractivity contribution >= 4 is 28.3 Å². The highest BCUT2D eigenvalue weighted by Gasteiger charge is 2.18. The summed E-state index contributed by atoms with van der Waals surface area (Å²) in [5.74, 6) is 0.365. The molecule has 0 spiro atoms. The first-order valence-electron chi connectivity index (χ1n) is 8.70. The molecular weight excluding hydrogens is 382 g/mol. The molecule has 0 radical (unpaired) electrons. The Labute approximate surface area is 166 Å². The predicted octanol–water partition coefficient (Wildman–Crippen LogP) is 3.66. The van der Waals surface area contributed by atoms with E-state index in [1.54, 1.807) is 49.5 Å². The fourth-order valence-corrected chi connectivity index (χ4v) is 2.84. The number of likely N-dealkylation sites (N-methyl/N-ethyl adjacent to an activating group) is 1. The van der Waals surface area contributed by atoms with Crippen LogP contribution in [-0.2, 0) is 4.79 Å². The lowest BCUT2D eigenvalue weighted by molar-refractivity contribution is -0.114. The van der Waals surface area contributed by atoms with Crippen LogP contribution in [0.4, 0.5) is 20.3 Å². The molecule has 0 fully saturated rings. The highest BCUT2D eigenvalue weighted by atomic mass is 19.3. The normalized spacial score (nSPS) is 10.8. The van der Waals surface area contributed by atoms with Gasteiger partial charge >= 0.3 is 0 Å². The van der Waals surface area contributed by atoms with Crippen molar-refractivity contribution < 1.29 is 23.0 Å². The zero-order chi connectivity index (χ0) is 21.0. The maximum absolute atomic E-state index is 13.2. The minimum Gasteiger partial charge on any atom is -0.497 e. The number of para-hydroxylation sites is 1. The number of carbonyl (C=O) groups is 1. The molecule has 1 heterocycles. The molecule has 9 heteroatoms. The van der Waals surface area contributed by atoms with Crippen molar-refractivity contribution in [2.45, 2.75) is 6.43 Å². The Bertz CT molecular complexity index is 1010. The number of rotatable bonds is 7. The van der Waals surface area contributed by atoms with Gasteiger partial charge < -0.3 is 19.7 Å². The topological polar surface area (TPSA) is 76.6 Å². The molecule has 3 rings (SSSR count). The van der Waals surface area contributed by atoms with Gasteiger partial charge in [-0.15, -0.1) is 0 Å². The van der Waals surface area contributed by atoms with Gasteiger partial charge in [0.2, 0.25) is 5.91 Å². The van der Waals surface area contributed by atoms with E-state index in [1.165, 1.54) is 19.1 Å². The molecule has 0 bridgehead atoms. The van der Waals surface area contributed by atoms with Gasteiger partial charge in [-0.2, -0.15) is 0 Å². The molecule has 1 amide bonds. The average Bonchev–Trinajstić information content (AvgIpc) is 2.72. The highest BCUT2D eigenvalue weighted by Crippen LogP contribution is 2.27. The van der Waals surface area contributed by atoms with Gasteiger partial charge in [0, 0.05) is 36.3 Å². The molecule has 0 aliphatic rings. The van der Waals surface area contributed by atoms with Crippen LogP contribution < -0.4 is 19.7 Å². The SMILES string of the molecule is COc1cc(NC(=O)CN(C)c2nc(C(F)F)nc3ccccc23)cc(OC)c1. The molecule has 0 atom stereocenters. The van der Waals surface area contributed by atoms with E-state index >= 15 is 0 Å². The van der Waals surface area contributed by atoms with E-state index in [0.29, 0.717) is 28.1 Å². The minimum absolute atomic E-state index is 0.108. The quantitative estimate of drug-likeness (QED) is 0.650. The van der Waals surface area contributed by atoms with Crippen molar-refractivity contribution in [2.75, 3.05) is 38.0 Å². The Morgan fingerprint density at radius 3 is 2.38 bits per heavy atom. The van der Waals surface area contributed by atoms with Crippen molar-refractivity contribution in [1.82, 2.24) is 9.97 Å². The van der Waals surface area contributed by atoms with E-state index in [4.69, 9.17) is 9.47 Å². The summed E-state index contributed by atoms with van der Waals surface area (Å²) in [5, 5.41) is 3.32. The predicted molar refractivity (Wildman–Crippen MR) is 106 cm³/mol. The standard InChI is InChI=1S/C20H20F2N4O3/c1-26(11-17(27)23-12-8-13(28-2)10-14(9-12)29-3)20-15-6-4-5-7-16(15)24-19(25-20)18(21)22/h4-10,18H,11H2,1-3H3,(H,23,27). The second-order valence-corrected chi connectivity index (χ2v) is 6.23. The van der Waals surface area contributed by atoms with Crippen molar-refractivity contribution in [1.29, 1.82) is 0 Å². The number of nitrogens with one attached hydrogen (secondary N) is 1. The number of benzene rings is 2. The molecule has 0 unspecified atom stereocenters. The van der Waals surface area contributed by atoms with Crippen molar-refractivity contribution in [3.63, 3.8) is 0 Å². The van der Waals surface area contributed by atoms with Crippen LogP contribution in [0.2, 0.25) is 0 Å². The Morgan fingerprint density at radius 1 is 1.10 bits per heavy atom. The zero-order valence-corrected chi connectivity index (χ0v) is 16.1. The fraction of sp³-hybridized carbons (Fsp3) is 0.250. The van der Waals surface area contributed by atoms with Crippen molar-refractivity contribution in [3.05, 3.63) is 48.3 Å². The molecule has 0 aliphatic carbocycles. The van der Waals surface area contributed by atoms with Gasteiger partial charge in [0.1, 0.15) is 17.3 Å². The molecule has 29 heavy (non-hydrogen) atoms. The van der Waals surface area contributed by atoms with Gasteiger partial charge in [-0.25, -0.2) is 18.7 Å². The Morgan fingerprint density at radius 2 is 1.76 bits per heavy atom. The molecule has 7 nitrogen and oxygen atoms in total. The van der Waals surface area contributed by atoms with Gasteiger partial charge in [-0.1, -0.05) is 12.1 Å². The van der Waals surface area contributed by atoms with E-state index in [0.717, 1.165) is 0 Å². The molecule has 0 aliphatic heterocycles.